The maximum Gasteiger partial charge on any atom is 0.336 e. The molecule has 0 aliphatic carbocycles. The van der Waals surface area contributed by atoms with Crippen molar-refractivity contribution in [3.63, 3.8) is 0 Å². The van der Waals surface area contributed by atoms with Gasteiger partial charge in [0.15, 0.2) is 5.60 Å². The molecule has 0 aromatic carbocycles. The van der Waals surface area contributed by atoms with Gasteiger partial charge in [-0.3, -0.25) is 0 Å². The van der Waals surface area contributed by atoms with Crippen LogP contribution in [-0.4, -0.2) is 23.3 Å². The lowest BCUT2D eigenvalue weighted by Crippen LogP contribution is -2.43. The first-order valence-corrected chi connectivity index (χ1v) is 4.48. The van der Waals surface area contributed by atoms with E-state index < -0.39 is 11.6 Å². The van der Waals surface area contributed by atoms with Gasteiger partial charge in [-0.1, -0.05) is 5.92 Å². The molecule has 1 aliphatic heterocycles. The molecule has 0 bridgehead atoms. The van der Waals surface area contributed by atoms with Crippen LogP contribution in [0, 0.1) is 11.8 Å². The van der Waals surface area contributed by atoms with E-state index in [4.69, 9.17) is 9.84 Å². The molecule has 1 saturated heterocycles. The molecule has 0 aromatic heterocycles. The number of carboxylic acid groups (broad SMARTS) is 1. The zero-order chi connectivity index (χ0) is 9.73. The molecule has 13 heavy (non-hydrogen) atoms. The van der Waals surface area contributed by atoms with Crippen molar-refractivity contribution in [1.29, 1.82) is 0 Å². The van der Waals surface area contributed by atoms with Crippen LogP contribution in [0.1, 0.15) is 32.6 Å². The van der Waals surface area contributed by atoms with Crippen LogP contribution in [0.3, 0.4) is 0 Å². The largest absolute Gasteiger partial charge is 0.479 e. The van der Waals surface area contributed by atoms with Crippen molar-refractivity contribution in [2.75, 3.05) is 6.61 Å². The zero-order valence-electron chi connectivity index (χ0n) is 7.80. The van der Waals surface area contributed by atoms with Gasteiger partial charge >= 0.3 is 5.97 Å². The van der Waals surface area contributed by atoms with Crippen molar-refractivity contribution in [1.82, 2.24) is 0 Å². The molecule has 0 saturated carbocycles. The van der Waals surface area contributed by atoms with Crippen LogP contribution in [0.5, 0.6) is 0 Å². The second-order valence-corrected chi connectivity index (χ2v) is 3.21. The van der Waals surface area contributed by atoms with Crippen molar-refractivity contribution in [2.45, 2.75) is 38.2 Å². The van der Waals surface area contributed by atoms with Gasteiger partial charge in [0, 0.05) is 13.0 Å². The average molecular weight is 182 g/mol. The molecule has 1 heterocycles. The highest BCUT2D eigenvalue weighted by molar-refractivity contribution is 5.78. The summed E-state index contributed by atoms with van der Waals surface area (Å²) in [5.41, 5.74) is -1.03. The summed E-state index contributed by atoms with van der Waals surface area (Å²) in [7, 11) is 0. The first kappa shape index (κ1) is 10.1. The molecule has 1 N–H and O–H groups in total. The topological polar surface area (TPSA) is 46.5 Å². The van der Waals surface area contributed by atoms with Crippen LogP contribution < -0.4 is 0 Å². The van der Waals surface area contributed by atoms with Crippen LogP contribution in [0.4, 0.5) is 0 Å². The third-order valence-corrected chi connectivity index (χ3v) is 2.29. The Hall–Kier alpha value is -1.01. The van der Waals surface area contributed by atoms with E-state index >= 15 is 0 Å². The maximum atomic E-state index is 11.0. The maximum absolute atomic E-state index is 11.0. The van der Waals surface area contributed by atoms with E-state index in [-0.39, 0.29) is 0 Å². The molecule has 3 heteroatoms. The number of hydrogen-bond donors (Lipinski definition) is 1. The number of carbonyl (C=O) groups is 1. The highest BCUT2D eigenvalue weighted by Crippen LogP contribution is 2.28. The minimum absolute atomic E-state index is 0.304. The molecule has 0 spiro atoms. The molecule has 3 nitrogen and oxygen atoms in total. The minimum atomic E-state index is -1.03. The molecule has 1 aliphatic rings. The highest BCUT2D eigenvalue weighted by Gasteiger charge is 2.40. The van der Waals surface area contributed by atoms with Gasteiger partial charge in [-0.15, -0.1) is 5.92 Å². The van der Waals surface area contributed by atoms with E-state index in [0.29, 0.717) is 19.4 Å². The average Bonchev–Trinajstić information content (AvgIpc) is 2.16. The van der Waals surface area contributed by atoms with Crippen LogP contribution in [0.15, 0.2) is 0 Å². The van der Waals surface area contributed by atoms with Gasteiger partial charge < -0.3 is 9.84 Å². The Morgan fingerprint density at radius 2 is 2.38 bits per heavy atom. The summed E-state index contributed by atoms with van der Waals surface area (Å²) in [6.07, 6.45) is 2.75. The summed E-state index contributed by atoms with van der Waals surface area (Å²) in [4.78, 5) is 11.0. The molecule has 1 unspecified atom stereocenters. The van der Waals surface area contributed by atoms with Gasteiger partial charge in [0.2, 0.25) is 0 Å². The predicted octanol–water partition coefficient (Wildman–Crippen LogP) is 1.42. The van der Waals surface area contributed by atoms with Crippen molar-refractivity contribution >= 4 is 5.97 Å². The predicted molar refractivity (Wildman–Crippen MR) is 48.2 cm³/mol. The molecule has 0 radical (unpaired) electrons. The summed E-state index contributed by atoms with van der Waals surface area (Å²) in [6.45, 7) is 2.25. The number of ether oxygens (including phenoxy) is 1. The second kappa shape index (κ2) is 4.29. The zero-order valence-corrected chi connectivity index (χ0v) is 7.80. The first-order valence-electron chi connectivity index (χ1n) is 4.48. The van der Waals surface area contributed by atoms with Gasteiger partial charge in [0.05, 0.1) is 0 Å². The van der Waals surface area contributed by atoms with Gasteiger partial charge in [-0.2, -0.15) is 0 Å². The number of rotatable bonds is 2. The summed E-state index contributed by atoms with van der Waals surface area (Å²) in [5, 5.41) is 9.02. The Kier molecular flexibility index (Phi) is 3.32. The lowest BCUT2D eigenvalue weighted by molar-refractivity contribution is -0.171. The van der Waals surface area contributed by atoms with Crippen LogP contribution in [0.25, 0.3) is 0 Å². The quantitative estimate of drug-likeness (QED) is 0.657. The summed E-state index contributed by atoms with van der Waals surface area (Å²) in [6, 6.07) is 0. The molecule has 0 amide bonds. The van der Waals surface area contributed by atoms with E-state index in [1.54, 1.807) is 6.92 Å². The molecule has 1 rings (SSSR count). The van der Waals surface area contributed by atoms with Crippen LogP contribution >= 0.6 is 0 Å². The Balaban J connectivity index is 2.70. The van der Waals surface area contributed by atoms with Crippen molar-refractivity contribution in [2.24, 2.45) is 0 Å². The summed E-state index contributed by atoms with van der Waals surface area (Å²) < 4.78 is 5.33. The van der Waals surface area contributed by atoms with Gasteiger partial charge in [-0.25, -0.2) is 4.79 Å². The van der Waals surface area contributed by atoms with Gasteiger partial charge in [0.25, 0.3) is 0 Å². The van der Waals surface area contributed by atoms with E-state index in [1.807, 2.05) is 0 Å². The SMILES string of the molecule is CC#CCC1(C(=O)O)CCCCO1. The molecular weight excluding hydrogens is 168 g/mol. The van der Waals surface area contributed by atoms with Gasteiger partial charge in [-0.05, 0) is 26.2 Å². The summed E-state index contributed by atoms with van der Waals surface area (Å²) in [5.74, 6) is 4.61. The Labute approximate surface area is 78.1 Å². The van der Waals surface area contributed by atoms with Crippen molar-refractivity contribution < 1.29 is 14.6 Å². The number of carboxylic acids is 1. The molecule has 1 fully saturated rings. The van der Waals surface area contributed by atoms with E-state index in [0.717, 1.165) is 12.8 Å². The standard InChI is InChI=1S/C10H14O3/c1-2-3-6-10(9(11)12)7-4-5-8-13-10/h4-8H2,1H3,(H,11,12). The molecular formula is C10H14O3. The minimum Gasteiger partial charge on any atom is -0.479 e. The third-order valence-electron chi connectivity index (χ3n) is 2.29. The smallest absolute Gasteiger partial charge is 0.336 e. The fourth-order valence-electron chi connectivity index (χ4n) is 1.47. The second-order valence-electron chi connectivity index (χ2n) is 3.21. The monoisotopic (exact) mass is 182 g/mol. The van der Waals surface area contributed by atoms with E-state index in [9.17, 15) is 4.79 Å². The normalized spacial score (nSPS) is 27.5. The lowest BCUT2D eigenvalue weighted by atomic mass is 9.91. The Morgan fingerprint density at radius 1 is 1.62 bits per heavy atom. The highest BCUT2D eigenvalue weighted by atomic mass is 16.5. The number of aliphatic carboxylic acids is 1. The first-order chi connectivity index (χ1) is 6.21. The molecule has 1 atom stereocenters. The number of hydrogen-bond acceptors (Lipinski definition) is 2. The third kappa shape index (κ3) is 2.22. The van der Waals surface area contributed by atoms with E-state index in [2.05, 4.69) is 11.8 Å². The van der Waals surface area contributed by atoms with Crippen molar-refractivity contribution in [3.05, 3.63) is 0 Å². The van der Waals surface area contributed by atoms with Crippen LogP contribution in [0.2, 0.25) is 0 Å². The fraction of sp³-hybridized carbons (Fsp3) is 0.700. The van der Waals surface area contributed by atoms with Crippen LogP contribution in [-0.2, 0) is 9.53 Å². The van der Waals surface area contributed by atoms with Crippen molar-refractivity contribution in [3.8, 4) is 11.8 Å². The Morgan fingerprint density at radius 3 is 2.85 bits per heavy atom. The summed E-state index contributed by atoms with van der Waals surface area (Å²) >= 11 is 0. The molecule has 0 aromatic rings. The Bertz CT molecular complexity index is 241. The lowest BCUT2D eigenvalue weighted by Gasteiger charge is -2.31. The van der Waals surface area contributed by atoms with Gasteiger partial charge in [0.1, 0.15) is 0 Å². The van der Waals surface area contributed by atoms with E-state index in [1.165, 1.54) is 0 Å². The molecule has 72 valence electrons. The fourth-order valence-corrected chi connectivity index (χ4v) is 1.47.